The maximum Gasteiger partial charge on any atom is 0.328 e. The predicted octanol–water partition coefficient (Wildman–Crippen LogP) is -4.82. The second-order valence-electron chi connectivity index (χ2n) is 6.17. The van der Waals surface area contributed by atoms with Crippen LogP contribution >= 0.6 is 0 Å². The van der Waals surface area contributed by atoms with Crippen LogP contribution in [0.15, 0.2) is 0 Å². The molecule has 30 heavy (non-hydrogen) atoms. The van der Waals surface area contributed by atoms with Crippen LogP contribution in [0.25, 0.3) is 0 Å². The van der Waals surface area contributed by atoms with E-state index in [4.69, 9.17) is 26.2 Å². The number of carbonyl (C=O) groups excluding carboxylic acids is 3. The Hall–Kier alpha value is -3.30. The van der Waals surface area contributed by atoms with E-state index in [1.54, 1.807) is 0 Å². The Bertz CT molecular complexity index is 681. The Morgan fingerprint density at radius 2 is 1.13 bits per heavy atom. The van der Waals surface area contributed by atoms with Gasteiger partial charge in [0, 0.05) is 0 Å². The zero-order valence-corrected chi connectivity index (χ0v) is 15.8. The Kier molecular flexibility index (Phi) is 10.9. The largest absolute Gasteiger partial charge is 0.481 e. The minimum atomic E-state index is -1.86. The number of hydrogen-bond acceptors (Lipinski definition) is 9. The van der Waals surface area contributed by atoms with Crippen molar-refractivity contribution in [1.29, 1.82) is 0 Å². The lowest BCUT2D eigenvalue weighted by Gasteiger charge is -2.24. The highest BCUT2D eigenvalue weighted by atomic mass is 16.4. The van der Waals surface area contributed by atoms with Crippen LogP contribution in [0.4, 0.5) is 0 Å². The van der Waals surface area contributed by atoms with Gasteiger partial charge in [-0.1, -0.05) is 0 Å². The van der Waals surface area contributed by atoms with Gasteiger partial charge in [0.15, 0.2) is 0 Å². The summed E-state index contributed by atoms with van der Waals surface area (Å²) in [6, 6.07) is -6.95. The fraction of sp³-hybridized carbons (Fsp3) is 0.600. The fourth-order valence-electron chi connectivity index (χ4n) is 1.98. The van der Waals surface area contributed by atoms with Crippen molar-refractivity contribution < 1.29 is 54.3 Å². The highest BCUT2D eigenvalue weighted by molar-refractivity contribution is 5.96. The van der Waals surface area contributed by atoms with Crippen LogP contribution in [0.5, 0.6) is 0 Å². The number of hydrogen-bond donors (Lipinski definition) is 9. The number of rotatable bonds is 13. The quantitative estimate of drug-likeness (QED) is 0.132. The minimum absolute atomic E-state index is 0.972. The third kappa shape index (κ3) is 9.26. The van der Waals surface area contributed by atoms with Gasteiger partial charge >= 0.3 is 17.9 Å². The highest BCUT2D eigenvalue weighted by Gasteiger charge is 2.32. The van der Waals surface area contributed by atoms with E-state index in [0.29, 0.717) is 0 Å². The fourth-order valence-corrected chi connectivity index (χ4v) is 1.98. The number of aliphatic hydroxyl groups excluding tert-OH is 2. The van der Waals surface area contributed by atoms with Crippen LogP contribution in [-0.2, 0) is 28.8 Å². The molecular formula is C15H24N4O11. The molecule has 0 fully saturated rings. The number of carboxylic acids is 3. The lowest BCUT2D eigenvalue weighted by molar-refractivity contribution is -0.145. The normalized spacial score (nSPS) is 15.6. The molecule has 0 spiro atoms. The summed E-state index contributed by atoms with van der Waals surface area (Å²) in [4.78, 5) is 69.2. The first-order valence-corrected chi connectivity index (χ1v) is 8.42. The molecule has 0 bridgehead atoms. The van der Waals surface area contributed by atoms with E-state index in [1.165, 1.54) is 6.92 Å². The monoisotopic (exact) mass is 436 g/mol. The topological polar surface area (TPSA) is 266 Å². The molecule has 0 radical (unpaired) electrons. The van der Waals surface area contributed by atoms with Gasteiger partial charge in [0.25, 0.3) is 0 Å². The summed E-state index contributed by atoms with van der Waals surface area (Å²) in [6.07, 6.45) is -3.33. The molecule has 0 aromatic rings. The van der Waals surface area contributed by atoms with Crippen LogP contribution in [0.3, 0.4) is 0 Å². The summed E-state index contributed by atoms with van der Waals surface area (Å²) in [5.41, 5.74) is 5.39. The number of nitrogens with one attached hydrogen (secondary N) is 3. The molecule has 0 aromatic carbocycles. The highest BCUT2D eigenvalue weighted by Crippen LogP contribution is 2.01. The zero-order valence-electron chi connectivity index (χ0n) is 15.8. The predicted molar refractivity (Wildman–Crippen MR) is 94.7 cm³/mol. The molecule has 3 amide bonds. The molecule has 0 aliphatic rings. The van der Waals surface area contributed by atoms with Gasteiger partial charge in [-0.05, 0) is 6.92 Å². The molecule has 10 N–H and O–H groups in total. The molecule has 0 aliphatic heterocycles. The van der Waals surface area contributed by atoms with Gasteiger partial charge in [0.05, 0.1) is 25.6 Å². The summed E-state index contributed by atoms with van der Waals surface area (Å²) in [7, 11) is 0. The Morgan fingerprint density at radius 1 is 0.767 bits per heavy atom. The number of carbonyl (C=O) groups is 6. The molecule has 0 saturated carbocycles. The van der Waals surface area contributed by atoms with E-state index >= 15 is 0 Å². The molecule has 0 rings (SSSR count). The molecule has 0 saturated heterocycles. The first-order chi connectivity index (χ1) is 13.8. The number of carboxylic acid groups (broad SMARTS) is 3. The molecule has 5 atom stereocenters. The van der Waals surface area contributed by atoms with E-state index in [2.05, 4.69) is 0 Å². The Balaban J connectivity index is 5.48. The van der Waals surface area contributed by atoms with Crippen LogP contribution in [-0.4, -0.2) is 98.0 Å². The standard InChI is InChI=1S/C15H24N4O11/c1-5(21)11(16)14(28)18-7(3-10(24)25)12(26)17-6(2-9(22)23)13(27)19-8(4-20)15(29)30/h5-8,11,20-21H,2-4,16H2,1H3,(H,17,26)(H,18,28)(H,19,27)(H,22,23)(H,24,25)(H,29,30). The average Bonchev–Trinajstić information content (AvgIpc) is 2.62. The third-order valence-corrected chi connectivity index (χ3v) is 3.64. The third-order valence-electron chi connectivity index (χ3n) is 3.64. The molecule has 0 heterocycles. The van der Waals surface area contributed by atoms with Crippen molar-refractivity contribution >= 4 is 35.6 Å². The molecule has 0 aromatic heterocycles. The summed E-state index contributed by atoms with van der Waals surface area (Å²) in [5, 5.41) is 50.6. The second kappa shape index (κ2) is 12.3. The van der Waals surface area contributed by atoms with Crippen LogP contribution in [0.2, 0.25) is 0 Å². The summed E-state index contributed by atoms with van der Waals surface area (Å²) < 4.78 is 0. The summed E-state index contributed by atoms with van der Waals surface area (Å²) in [5.74, 6) is -8.38. The number of amides is 3. The van der Waals surface area contributed by atoms with Gasteiger partial charge in [-0.25, -0.2) is 4.79 Å². The Labute approximate surface area is 169 Å². The van der Waals surface area contributed by atoms with Crippen molar-refractivity contribution in [3.8, 4) is 0 Å². The average molecular weight is 436 g/mol. The van der Waals surface area contributed by atoms with Crippen molar-refractivity contribution in [2.45, 2.75) is 50.0 Å². The number of aliphatic carboxylic acids is 3. The molecule has 5 unspecified atom stereocenters. The molecule has 15 nitrogen and oxygen atoms in total. The van der Waals surface area contributed by atoms with Gasteiger partial charge in [0.2, 0.25) is 17.7 Å². The summed E-state index contributed by atoms with van der Waals surface area (Å²) >= 11 is 0. The number of aliphatic hydroxyl groups is 2. The van der Waals surface area contributed by atoms with Crippen molar-refractivity contribution in [1.82, 2.24) is 16.0 Å². The summed E-state index contributed by atoms with van der Waals surface area (Å²) in [6.45, 7) is 0.146. The lowest BCUT2D eigenvalue weighted by Crippen LogP contribution is -2.59. The lowest BCUT2D eigenvalue weighted by atomic mass is 10.1. The first kappa shape index (κ1) is 26.7. The van der Waals surface area contributed by atoms with E-state index < -0.39 is 85.3 Å². The first-order valence-electron chi connectivity index (χ1n) is 8.42. The van der Waals surface area contributed by atoms with Gasteiger partial charge in [-0.15, -0.1) is 0 Å². The van der Waals surface area contributed by atoms with Crippen LogP contribution in [0, 0.1) is 0 Å². The van der Waals surface area contributed by atoms with E-state index in [9.17, 15) is 33.9 Å². The van der Waals surface area contributed by atoms with Crippen molar-refractivity contribution in [3.63, 3.8) is 0 Å². The van der Waals surface area contributed by atoms with Crippen LogP contribution in [0.1, 0.15) is 19.8 Å². The SMILES string of the molecule is CC(O)C(N)C(=O)NC(CC(=O)O)C(=O)NC(CC(=O)O)C(=O)NC(CO)C(=O)O. The maximum absolute atomic E-state index is 12.4. The van der Waals surface area contributed by atoms with E-state index in [0.717, 1.165) is 0 Å². The minimum Gasteiger partial charge on any atom is -0.481 e. The van der Waals surface area contributed by atoms with Crippen molar-refractivity contribution in [2.75, 3.05) is 6.61 Å². The molecular weight excluding hydrogens is 412 g/mol. The smallest absolute Gasteiger partial charge is 0.328 e. The molecule has 15 heteroatoms. The second-order valence-corrected chi connectivity index (χ2v) is 6.17. The maximum atomic E-state index is 12.4. The molecule has 0 aliphatic carbocycles. The van der Waals surface area contributed by atoms with E-state index in [-0.39, 0.29) is 0 Å². The van der Waals surface area contributed by atoms with E-state index in [1.807, 2.05) is 16.0 Å². The van der Waals surface area contributed by atoms with Gasteiger partial charge < -0.3 is 47.2 Å². The van der Waals surface area contributed by atoms with Gasteiger partial charge in [-0.2, -0.15) is 0 Å². The zero-order chi connectivity index (χ0) is 23.6. The molecule has 170 valence electrons. The van der Waals surface area contributed by atoms with Crippen molar-refractivity contribution in [2.24, 2.45) is 5.73 Å². The number of nitrogens with two attached hydrogens (primary N) is 1. The van der Waals surface area contributed by atoms with Crippen molar-refractivity contribution in [3.05, 3.63) is 0 Å². The Morgan fingerprint density at radius 3 is 1.43 bits per heavy atom. The van der Waals surface area contributed by atoms with Crippen LogP contribution < -0.4 is 21.7 Å². The van der Waals surface area contributed by atoms with Gasteiger partial charge in [0.1, 0.15) is 24.2 Å². The van der Waals surface area contributed by atoms with Gasteiger partial charge in [-0.3, -0.25) is 24.0 Å².